The number of aryl methyl sites for hydroxylation is 1. The lowest BCUT2D eigenvalue weighted by atomic mass is 10.1. The van der Waals surface area contributed by atoms with Gasteiger partial charge < -0.3 is 5.32 Å². The molecule has 0 saturated heterocycles. The summed E-state index contributed by atoms with van der Waals surface area (Å²) in [6.07, 6.45) is 4.65. The van der Waals surface area contributed by atoms with Gasteiger partial charge in [-0.3, -0.25) is 4.68 Å². The lowest BCUT2D eigenvalue weighted by molar-refractivity contribution is 0.686. The van der Waals surface area contributed by atoms with Crippen molar-refractivity contribution in [3.63, 3.8) is 0 Å². The van der Waals surface area contributed by atoms with Gasteiger partial charge in [0.15, 0.2) is 5.65 Å². The van der Waals surface area contributed by atoms with Crippen LogP contribution in [0.5, 0.6) is 0 Å². The number of rotatable bonds is 5. The maximum atomic E-state index is 5.94. The Morgan fingerprint density at radius 1 is 1.15 bits per heavy atom. The van der Waals surface area contributed by atoms with Crippen LogP contribution in [0.15, 0.2) is 42.7 Å². The number of halogens is 1. The number of nitrogens with one attached hydrogen (secondary N) is 1. The average molecular weight is 368 g/mol. The van der Waals surface area contributed by atoms with Crippen LogP contribution in [0.2, 0.25) is 5.02 Å². The standard InChI is InChI=1S/C18H18ClN7/c1-20-16-8-14(17-18(22-16)25(2)24-23-17)7-13-9-21-26(11-13)10-12-3-5-15(19)6-4-12/h3-6,8-9,11H,7,10H2,1-2H3,(H,20,22). The third-order valence-electron chi connectivity index (χ3n) is 4.23. The Kier molecular flexibility index (Phi) is 4.30. The summed E-state index contributed by atoms with van der Waals surface area (Å²) in [5, 5.41) is 16.6. The predicted molar refractivity (Wildman–Crippen MR) is 101 cm³/mol. The fourth-order valence-corrected chi connectivity index (χ4v) is 3.03. The minimum absolute atomic E-state index is 0.704. The third-order valence-corrected chi connectivity index (χ3v) is 4.49. The minimum Gasteiger partial charge on any atom is -0.373 e. The lowest BCUT2D eigenvalue weighted by Gasteiger charge is -2.05. The quantitative estimate of drug-likeness (QED) is 0.587. The molecule has 0 aliphatic carbocycles. The Morgan fingerprint density at radius 3 is 2.73 bits per heavy atom. The van der Waals surface area contributed by atoms with E-state index in [1.807, 2.05) is 55.3 Å². The van der Waals surface area contributed by atoms with Crippen molar-refractivity contribution >= 4 is 28.6 Å². The highest BCUT2D eigenvalue weighted by atomic mass is 35.5. The van der Waals surface area contributed by atoms with Gasteiger partial charge in [0, 0.05) is 31.7 Å². The molecular weight excluding hydrogens is 350 g/mol. The summed E-state index contributed by atoms with van der Waals surface area (Å²) in [4.78, 5) is 4.52. The fraction of sp³-hybridized carbons (Fsp3) is 0.222. The van der Waals surface area contributed by atoms with Crippen molar-refractivity contribution in [3.8, 4) is 0 Å². The maximum absolute atomic E-state index is 5.94. The molecule has 132 valence electrons. The molecule has 0 fully saturated rings. The third kappa shape index (κ3) is 3.25. The highest BCUT2D eigenvalue weighted by Gasteiger charge is 2.12. The Bertz CT molecular complexity index is 1050. The van der Waals surface area contributed by atoms with Gasteiger partial charge in [-0.15, -0.1) is 5.10 Å². The largest absolute Gasteiger partial charge is 0.373 e. The Balaban J connectivity index is 1.59. The molecule has 0 bridgehead atoms. The van der Waals surface area contributed by atoms with E-state index in [0.717, 1.165) is 38.7 Å². The molecular formula is C18H18ClN7. The van der Waals surface area contributed by atoms with Crippen LogP contribution in [0.1, 0.15) is 16.7 Å². The average Bonchev–Trinajstić information content (AvgIpc) is 3.24. The van der Waals surface area contributed by atoms with Crippen LogP contribution in [0.3, 0.4) is 0 Å². The van der Waals surface area contributed by atoms with Gasteiger partial charge in [0.05, 0.1) is 12.7 Å². The van der Waals surface area contributed by atoms with Crippen molar-refractivity contribution in [2.24, 2.45) is 7.05 Å². The summed E-state index contributed by atoms with van der Waals surface area (Å²) >= 11 is 5.94. The first-order valence-corrected chi connectivity index (χ1v) is 8.63. The zero-order valence-electron chi connectivity index (χ0n) is 14.5. The van der Waals surface area contributed by atoms with Crippen molar-refractivity contribution in [1.29, 1.82) is 0 Å². The maximum Gasteiger partial charge on any atom is 0.180 e. The molecule has 26 heavy (non-hydrogen) atoms. The van der Waals surface area contributed by atoms with E-state index in [0.29, 0.717) is 13.0 Å². The lowest BCUT2D eigenvalue weighted by Crippen LogP contribution is -2.00. The van der Waals surface area contributed by atoms with E-state index in [1.165, 1.54) is 0 Å². The second kappa shape index (κ2) is 6.76. The molecule has 0 radical (unpaired) electrons. The van der Waals surface area contributed by atoms with Crippen molar-refractivity contribution in [3.05, 3.63) is 64.4 Å². The SMILES string of the molecule is CNc1cc(Cc2cnn(Cc3ccc(Cl)cc3)c2)c2nnn(C)c2n1. The molecule has 3 aromatic heterocycles. The topological polar surface area (TPSA) is 73.5 Å². The van der Waals surface area contributed by atoms with E-state index in [-0.39, 0.29) is 0 Å². The molecule has 0 spiro atoms. The van der Waals surface area contributed by atoms with Gasteiger partial charge in [0.25, 0.3) is 0 Å². The van der Waals surface area contributed by atoms with Gasteiger partial charge >= 0.3 is 0 Å². The number of pyridine rings is 1. The molecule has 4 aromatic rings. The van der Waals surface area contributed by atoms with Crippen LogP contribution in [0.4, 0.5) is 5.82 Å². The minimum atomic E-state index is 0.704. The second-order valence-electron chi connectivity index (χ2n) is 6.15. The van der Waals surface area contributed by atoms with Crippen molar-refractivity contribution in [2.45, 2.75) is 13.0 Å². The number of hydrogen-bond acceptors (Lipinski definition) is 5. The van der Waals surface area contributed by atoms with Crippen LogP contribution in [0.25, 0.3) is 11.2 Å². The number of nitrogens with zero attached hydrogens (tertiary/aromatic N) is 6. The van der Waals surface area contributed by atoms with Crippen molar-refractivity contribution in [1.82, 2.24) is 29.8 Å². The summed E-state index contributed by atoms with van der Waals surface area (Å²) in [6, 6.07) is 9.81. The van der Waals surface area contributed by atoms with E-state index in [9.17, 15) is 0 Å². The van der Waals surface area contributed by atoms with E-state index in [2.05, 4.69) is 31.9 Å². The summed E-state index contributed by atoms with van der Waals surface area (Å²) < 4.78 is 3.61. The zero-order valence-corrected chi connectivity index (χ0v) is 15.3. The molecule has 8 heteroatoms. The van der Waals surface area contributed by atoms with Crippen molar-refractivity contribution < 1.29 is 0 Å². The van der Waals surface area contributed by atoms with Gasteiger partial charge in [-0.1, -0.05) is 28.9 Å². The molecule has 0 atom stereocenters. The zero-order chi connectivity index (χ0) is 18.1. The molecule has 7 nitrogen and oxygen atoms in total. The van der Waals surface area contributed by atoms with Crippen LogP contribution >= 0.6 is 11.6 Å². The van der Waals surface area contributed by atoms with Crippen LogP contribution in [-0.2, 0) is 20.0 Å². The number of benzene rings is 1. The number of fused-ring (bicyclic) bond motifs is 1. The summed E-state index contributed by atoms with van der Waals surface area (Å²) in [7, 11) is 3.70. The van der Waals surface area contributed by atoms with E-state index in [4.69, 9.17) is 11.6 Å². The van der Waals surface area contributed by atoms with Gasteiger partial charge in [0.1, 0.15) is 11.3 Å². The van der Waals surface area contributed by atoms with Crippen LogP contribution in [-0.4, -0.2) is 36.8 Å². The molecule has 0 saturated carbocycles. The Hall–Kier alpha value is -2.93. The Morgan fingerprint density at radius 2 is 1.96 bits per heavy atom. The Labute approximate surface area is 155 Å². The van der Waals surface area contributed by atoms with Crippen molar-refractivity contribution in [2.75, 3.05) is 12.4 Å². The summed E-state index contributed by atoms with van der Waals surface area (Å²) in [5.41, 5.74) is 4.91. The summed E-state index contributed by atoms with van der Waals surface area (Å²) in [5.74, 6) is 0.798. The first-order valence-electron chi connectivity index (χ1n) is 8.25. The molecule has 0 aliphatic heterocycles. The molecule has 0 aliphatic rings. The van der Waals surface area contributed by atoms with Gasteiger partial charge in [-0.2, -0.15) is 5.10 Å². The normalized spacial score (nSPS) is 11.2. The number of aromatic nitrogens is 6. The van der Waals surface area contributed by atoms with Gasteiger partial charge in [0.2, 0.25) is 0 Å². The first-order chi connectivity index (χ1) is 12.6. The fourth-order valence-electron chi connectivity index (χ4n) is 2.91. The predicted octanol–water partition coefficient (Wildman–Crippen LogP) is 2.89. The smallest absolute Gasteiger partial charge is 0.180 e. The summed E-state index contributed by atoms with van der Waals surface area (Å²) in [6.45, 7) is 0.704. The molecule has 1 N–H and O–H groups in total. The van der Waals surface area contributed by atoms with E-state index >= 15 is 0 Å². The van der Waals surface area contributed by atoms with Crippen LogP contribution in [0, 0.1) is 0 Å². The first kappa shape index (κ1) is 16.5. The van der Waals surface area contributed by atoms with E-state index < -0.39 is 0 Å². The molecule has 0 amide bonds. The number of hydrogen-bond donors (Lipinski definition) is 1. The number of anilines is 1. The molecule has 0 unspecified atom stereocenters. The van der Waals surface area contributed by atoms with Gasteiger partial charge in [-0.05, 0) is 34.9 Å². The molecule has 4 rings (SSSR count). The molecule has 3 heterocycles. The highest BCUT2D eigenvalue weighted by molar-refractivity contribution is 6.30. The molecule has 1 aromatic carbocycles. The monoisotopic (exact) mass is 367 g/mol. The van der Waals surface area contributed by atoms with Crippen LogP contribution < -0.4 is 5.32 Å². The second-order valence-corrected chi connectivity index (χ2v) is 6.59. The van der Waals surface area contributed by atoms with Gasteiger partial charge in [-0.25, -0.2) is 9.67 Å². The highest BCUT2D eigenvalue weighted by Crippen LogP contribution is 2.21. The van der Waals surface area contributed by atoms with E-state index in [1.54, 1.807) is 4.68 Å².